The van der Waals surface area contributed by atoms with E-state index >= 15 is 0 Å². The number of rotatable bonds is 15. The molecule has 2 aliphatic rings. The second kappa shape index (κ2) is 20.5. The van der Waals surface area contributed by atoms with E-state index in [0.717, 1.165) is 32.1 Å². The third kappa shape index (κ3) is 17.6. The van der Waals surface area contributed by atoms with E-state index in [1.54, 1.807) is 4.90 Å². The van der Waals surface area contributed by atoms with E-state index < -0.39 is 29.3 Å². The van der Waals surface area contributed by atoms with Gasteiger partial charge in [0.1, 0.15) is 6.61 Å². The Labute approximate surface area is 232 Å². The summed E-state index contributed by atoms with van der Waals surface area (Å²) in [6.45, 7) is 1.40. The van der Waals surface area contributed by atoms with E-state index in [1.165, 1.54) is 7.11 Å². The van der Waals surface area contributed by atoms with Crippen LogP contribution in [0.25, 0.3) is 0 Å². The highest BCUT2D eigenvalue weighted by Crippen LogP contribution is 2.31. The highest BCUT2D eigenvalue weighted by Gasteiger charge is 2.42. The van der Waals surface area contributed by atoms with Crippen LogP contribution in [0.3, 0.4) is 0 Å². The molecular weight excluding hydrogens is 512 g/mol. The zero-order valence-electron chi connectivity index (χ0n) is 24.7. The fourth-order valence-electron chi connectivity index (χ4n) is 3.54. The molecule has 2 rings (SSSR count). The zero-order chi connectivity index (χ0) is 31.1. The van der Waals surface area contributed by atoms with Gasteiger partial charge in [-0.3, -0.25) is 28.8 Å². The third-order valence-electron chi connectivity index (χ3n) is 5.61. The summed E-state index contributed by atoms with van der Waals surface area (Å²) < 4.78 is 22.6. The minimum Gasteiger partial charge on any atom is -0.481 e. The van der Waals surface area contributed by atoms with E-state index in [4.69, 9.17) is 19.1 Å². The highest BCUT2D eigenvalue weighted by molar-refractivity contribution is 5.92. The summed E-state index contributed by atoms with van der Waals surface area (Å²) in [6, 6.07) is 0. The van der Waals surface area contributed by atoms with Crippen molar-refractivity contribution in [2.24, 2.45) is 5.41 Å². The number of aliphatic carboxylic acids is 1. The molecule has 0 radical (unpaired) electrons. The number of hydrogen-bond acceptors (Lipinski definition) is 9. The van der Waals surface area contributed by atoms with Crippen LogP contribution in [0.2, 0.25) is 0 Å². The van der Waals surface area contributed by atoms with Crippen LogP contribution in [0.5, 0.6) is 0 Å². The van der Waals surface area contributed by atoms with E-state index in [0.29, 0.717) is 38.9 Å². The number of aliphatic hydroxyl groups is 1. The molecule has 0 bridgehead atoms. The van der Waals surface area contributed by atoms with Gasteiger partial charge in [0.2, 0.25) is 13.2 Å². The average molecular weight is 558 g/mol. The number of esters is 3. The van der Waals surface area contributed by atoms with Crippen molar-refractivity contribution in [1.29, 1.82) is 1.43 Å². The lowest BCUT2D eigenvalue weighted by molar-refractivity contribution is -0.158. The fraction of sp³-hybridized carbons (Fsp3) is 0.704. The second-order valence-electron chi connectivity index (χ2n) is 9.22. The number of ether oxygens (including phenoxy) is 2. The number of nitrogens with one attached hydrogen (secondary N) is 1. The van der Waals surface area contributed by atoms with Gasteiger partial charge < -0.3 is 29.9 Å². The number of unbranched alkanes of at least 4 members (excludes halogenated alkanes) is 4. The standard InChI is InChI=1S/C22H34N2O6.C4H4O3.CH4O/c1-3-4-5-7-10-18(25)23-14-9-6-8-11-19(26)24-15-22(2,16-24)17-30-21(29)13-12-20(27)28;5-3-1-2-4(6)7-3;1-2/h1H,4-17H2,2H3,(H,23,25)(H,27,28);1-2H2;2H,1H3/i2D;;2T. The van der Waals surface area contributed by atoms with Crippen LogP contribution in [0.1, 0.15) is 85.3 Å². The molecule has 0 atom stereocenters. The fourth-order valence-corrected chi connectivity index (χ4v) is 3.54. The van der Waals surface area contributed by atoms with Gasteiger partial charge in [-0.2, -0.15) is 0 Å². The van der Waals surface area contributed by atoms with Crippen molar-refractivity contribution in [3.05, 3.63) is 0 Å². The molecule has 2 aliphatic heterocycles. The molecule has 0 unspecified atom stereocenters. The van der Waals surface area contributed by atoms with Crippen LogP contribution in [0.15, 0.2) is 0 Å². The lowest BCUT2D eigenvalue weighted by Gasteiger charge is -2.47. The number of aliphatic hydroxyl groups excluding tert-OH is 1. The van der Waals surface area contributed by atoms with Crippen molar-refractivity contribution in [3.8, 4) is 12.3 Å². The topological polar surface area (TPSA) is 177 Å². The average Bonchev–Trinajstić information content (AvgIpc) is 3.29. The Kier molecular flexibility index (Phi) is 16.7. The van der Waals surface area contributed by atoms with Crippen molar-refractivity contribution >= 4 is 35.7 Å². The summed E-state index contributed by atoms with van der Waals surface area (Å²) in [5.41, 5.74) is -0.557. The third-order valence-corrected chi connectivity index (χ3v) is 5.61. The molecule has 0 aromatic carbocycles. The molecule has 3 N–H and O–H groups in total. The van der Waals surface area contributed by atoms with E-state index in [-0.39, 0.29) is 51.0 Å². The number of terminal acetylenes is 1. The first-order valence-electron chi connectivity index (χ1n) is 14.0. The van der Waals surface area contributed by atoms with E-state index in [2.05, 4.69) is 21.1 Å². The molecule has 2 amide bonds. The molecule has 220 valence electrons. The molecular formula is C27H42N2O10. The minimum absolute atomic E-state index is 0.0128. The van der Waals surface area contributed by atoms with Gasteiger partial charge >= 0.3 is 23.9 Å². The number of carboxylic acids is 1. The summed E-state index contributed by atoms with van der Waals surface area (Å²) in [4.78, 5) is 67.6. The molecule has 39 heavy (non-hydrogen) atoms. The minimum atomic E-state index is -1.06. The van der Waals surface area contributed by atoms with Crippen molar-refractivity contribution in [2.75, 3.05) is 33.4 Å². The predicted octanol–water partition coefficient (Wildman–Crippen LogP) is 1.57. The van der Waals surface area contributed by atoms with Gasteiger partial charge in [-0.15, -0.1) is 12.3 Å². The van der Waals surface area contributed by atoms with Gasteiger partial charge in [-0.05, 0) is 25.7 Å². The molecule has 2 fully saturated rings. The number of carboxylic acid groups (broad SMARTS) is 1. The summed E-state index contributed by atoms with van der Waals surface area (Å²) >= 11 is 0. The lowest BCUT2D eigenvalue weighted by atomic mass is 9.82. The summed E-state index contributed by atoms with van der Waals surface area (Å²) in [6.07, 6.45) is 10.8. The molecule has 0 aliphatic carbocycles. The summed E-state index contributed by atoms with van der Waals surface area (Å²) in [5.74, 6) is 0.137. The van der Waals surface area contributed by atoms with Crippen molar-refractivity contribution < 1.29 is 49.8 Å². The first kappa shape index (κ1) is 31.8. The number of hydrogen-bond donors (Lipinski definition) is 3. The molecule has 0 spiro atoms. The number of likely N-dealkylation sites (tertiary alicyclic amines) is 1. The van der Waals surface area contributed by atoms with Crippen LogP contribution < -0.4 is 5.32 Å². The van der Waals surface area contributed by atoms with Crippen LogP contribution in [0.4, 0.5) is 0 Å². The van der Waals surface area contributed by atoms with Gasteiger partial charge in [0.15, 0.2) is 0 Å². The number of carbonyl (C=O) groups excluding carboxylic acids is 5. The first-order valence-corrected chi connectivity index (χ1v) is 12.9. The SMILES string of the molecule is O=C1CCC(=O)O1.[2H]CC1(COC(=O)CCC(=O)O)CN(C(=O)CCCCCNC(=O)CCCCC#C)C1.[3H]OC. The Hall–Kier alpha value is -3.46. The van der Waals surface area contributed by atoms with Gasteiger partial charge in [0, 0.05) is 52.8 Å². The predicted molar refractivity (Wildman–Crippen MR) is 140 cm³/mol. The number of amides is 2. The normalized spacial score (nSPS) is 15.4. The molecule has 0 saturated carbocycles. The maximum absolute atomic E-state index is 12.3. The largest absolute Gasteiger partial charge is 0.481 e. The van der Waals surface area contributed by atoms with Crippen LogP contribution in [0, 0.1) is 17.8 Å². The van der Waals surface area contributed by atoms with Crippen LogP contribution >= 0.6 is 0 Å². The molecule has 0 aromatic rings. The monoisotopic (exact) mass is 557 g/mol. The smallest absolute Gasteiger partial charge is 0.314 e. The number of cyclic esters (lactones) is 2. The van der Waals surface area contributed by atoms with E-state index in [9.17, 15) is 28.8 Å². The molecule has 12 nitrogen and oxygen atoms in total. The molecule has 0 aromatic heterocycles. The van der Waals surface area contributed by atoms with Crippen LogP contribution in [-0.4, -0.2) is 85.6 Å². The van der Waals surface area contributed by atoms with E-state index in [1.807, 2.05) is 0 Å². The van der Waals surface area contributed by atoms with Gasteiger partial charge in [-0.1, -0.05) is 13.3 Å². The first-order chi connectivity index (χ1) is 19.5. The Bertz CT molecular complexity index is 887. The Morgan fingerprint density at radius 1 is 1.10 bits per heavy atom. The maximum atomic E-state index is 12.3. The van der Waals surface area contributed by atoms with Crippen molar-refractivity contribution in [3.63, 3.8) is 0 Å². The van der Waals surface area contributed by atoms with Crippen molar-refractivity contribution in [2.45, 2.75) is 83.9 Å². The Balaban J connectivity index is 0.00000134. The molecule has 2 heterocycles. The Morgan fingerprint density at radius 3 is 2.28 bits per heavy atom. The Morgan fingerprint density at radius 2 is 1.74 bits per heavy atom. The van der Waals surface area contributed by atoms with Gasteiger partial charge in [-0.25, -0.2) is 0 Å². The summed E-state index contributed by atoms with van der Waals surface area (Å²) in [5, 5.41) is 14.9. The van der Waals surface area contributed by atoms with Crippen LogP contribution in [-0.2, 0) is 38.2 Å². The molecule has 2 saturated heterocycles. The quantitative estimate of drug-likeness (QED) is 0.116. The summed E-state index contributed by atoms with van der Waals surface area (Å²) in [7, 11) is 1.29. The highest BCUT2D eigenvalue weighted by atomic mass is 16.6. The van der Waals surface area contributed by atoms with Crippen molar-refractivity contribution in [1.82, 2.24) is 10.2 Å². The second-order valence-corrected chi connectivity index (χ2v) is 9.22. The molecule has 12 heteroatoms. The maximum Gasteiger partial charge on any atom is 0.314 e. The number of nitrogens with zero attached hydrogens (tertiary/aromatic N) is 1. The van der Waals surface area contributed by atoms with Gasteiger partial charge in [0.05, 0.1) is 25.7 Å². The number of carbonyl (C=O) groups is 6. The van der Waals surface area contributed by atoms with Gasteiger partial charge in [0.25, 0.3) is 0 Å². The lowest BCUT2D eigenvalue weighted by Crippen LogP contribution is -2.59. The zero-order valence-corrected chi connectivity index (χ0v) is 22.7.